The number of thiophene rings is 1. The molecule has 1 nitrogen and oxygen atoms in total. The minimum atomic E-state index is 0.791. The zero-order valence-corrected chi connectivity index (χ0v) is 10.9. The second-order valence-electron chi connectivity index (χ2n) is 4.79. The van der Waals surface area contributed by atoms with Crippen LogP contribution < -0.4 is 5.32 Å². The monoisotopic (exact) mass is 243 g/mol. The van der Waals surface area contributed by atoms with Crippen molar-refractivity contribution in [2.45, 2.75) is 32.4 Å². The van der Waals surface area contributed by atoms with Crippen LogP contribution in [0, 0.1) is 6.92 Å². The van der Waals surface area contributed by atoms with E-state index in [0.29, 0.717) is 0 Å². The summed E-state index contributed by atoms with van der Waals surface area (Å²) in [5, 5.41) is 3.56. The van der Waals surface area contributed by atoms with Crippen LogP contribution in [0.5, 0.6) is 0 Å². The molecule has 0 unspecified atom stereocenters. The molecule has 1 N–H and O–H groups in total. The molecule has 0 aliphatic heterocycles. The Morgan fingerprint density at radius 3 is 2.88 bits per heavy atom. The topological polar surface area (TPSA) is 12.0 Å². The average Bonchev–Trinajstić information content (AvgIpc) is 3.04. The van der Waals surface area contributed by atoms with Gasteiger partial charge >= 0.3 is 0 Å². The number of rotatable bonds is 4. The summed E-state index contributed by atoms with van der Waals surface area (Å²) in [4.78, 5) is 2.81. The van der Waals surface area contributed by atoms with Gasteiger partial charge in [-0.25, -0.2) is 0 Å². The van der Waals surface area contributed by atoms with Crippen molar-refractivity contribution < 1.29 is 0 Å². The van der Waals surface area contributed by atoms with E-state index in [4.69, 9.17) is 0 Å². The third-order valence-corrected chi connectivity index (χ3v) is 4.24. The molecule has 0 atom stereocenters. The first kappa shape index (κ1) is 11.0. The number of aryl methyl sites for hydroxylation is 1. The van der Waals surface area contributed by atoms with Crippen molar-refractivity contribution in [3.8, 4) is 10.4 Å². The molecule has 2 aromatic rings. The van der Waals surface area contributed by atoms with Crippen molar-refractivity contribution in [2.75, 3.05) is 0 Å². The third kappa shape index (κ3) is 2.76. The molecule has 1 aromatic heterocycles. The first-order chi connectivity index (χ1) is 8.31. The maximum Gasteiger partial charge on any atom is 0.0346 e. The van der Waals surface area contributed by atoms with Crippen LogP contribution in [-0.2, 0) is 6.54 Å². The number of nitrogens with one attached hydrogen (secondary N) is 1. The lowest BCUT2D eigenvalue weighted by atomic mass is 10.1. The number of benzene rings is 1. The zero-order chi connectivity index (χ0) is 11.7. The van der Waals surface area contributed by atoms with Gasteiger partial charge in [-0.3, -0.25) is 0 Å². The summed E-state index contributed by atoms with van der Waals surface area (Å²) in [6.07, 6.45) is 2.71. The van der Waals surface area contributed by atoms with Gasteiger partial charge in [0, 0.05) is 22.3 Å². The summed E-state index contributed by atoms with van der Waals surface area (Å²) < 4.78 is 0. The molecule has 0 saturated heterocycles. The average molecular weight is 243 g/mol. The van der Waals surface area contributed by atoms with Crippen LogP contribution in [0.25, 0.3) is 10.4 Å². The molecule has 1 aliphatic rings. The summed E-state index contributed by atoms with van der Waals surface area (Å²) in [7, 11) is 0. The molecule has 1 heterocycles. The van der Waals surface area contributed by atoms with E-state index in [0.717, 1.165) is 12.6 Å². The molecule has 0 radical (unpaired) electrons. The van der Waals surface area contributed by atoms with Gasteiger partial charge in [0.1, 0.15) is 0 Å². The Bertz CT molecular complexity index is 511. The van der Waals surface area contributed by atoms with Crippen molar-refractivity contribution in [1.82, 2.24) is 5.32 Å². The Kier molecular flexibility index (Phi) is 3.00. The Morgan fingerprint density at radius 1 is 1.24 bits per heavy atom. The normalized spacial score (nSPS) is 15.1. The Morgan fingerprint density at radius 2 is 2.12 bits per heavy atom. The van der Waals surface area contributed by atoms with E-state index in [2.05, 4.69) is 48.6 Å². The Hall–Kier alpha value is -1.12. The standard InChI is InChI=1S/C15H17NS/c1-11-3-2-4-12(9-11)15-8-7-14(17-15)10-16-13-5-6-13/h2-4,7-9,13,16H,5-6,10H2,1H3. The van der Waals surface area contributed by atoms with Crippen LogP contribution in [-0.4, -0.2) is 6.04 Å². The van der Waals surface area contributed by atoms with E-state index in [1.54, 1.807) is 0 Å². The van der Waals surface area contributed by atoms with Gasteiger partial charge in [0.05, 0.1) is 0 Å². The quantitative estimate of drug-likeness (QED) is 0.856. The summed E-state index contributed by atoms with van der Waals surface area (Å²) in [6.45, 7) is 3.17. The highest BCUT2D eigenvalue weighted by molar-refractivity contribution is 7.15. The van der Waals surface area contributed by atoms with Crippen LogP contribution in [0.15, 0.2) is 36.4 Å². The molecular formula is C15H17NS. The summed E-state index contributed by atoms with van der Waals surface area (Å²) in [6, 6.07) is 14.0. The molecule has 0 spiro atoms. The van der Waals surface area contributed by atoms with Crippen molar-refractivity contribution in [1.29, 1.82) is 0 Å². The van der Waals surface area contributed by atoms with Gasteiger partial charge in [-0.1, -0.05) is 29.8 Å². The molecule has 1 aromatic carbocycles. The fourth-order valence-corrected chi connectivity index (χ4v) is 2.91. The highest BCUT2D eigenvalue weighted by Gasteiger charge is 2.20. The maximum atomic E-state index is 3.56. The zero-order valence-electron chi connectivity index (χ0n) is 10.1. The molecule has 1 fully saturated rings. The predicted octanol–water partition coefficient (Wildman–Crippen LogP) is 3.98. The minimum absolute atomic E-state index is 0.791. The second-order valence-corrected chi connectivity index (χ2v) is 5.96. The second kappa shape index (κ2) is 4.63. The first-order valence-electron chi connectivity index (χ1n) is 6.20. The Balaban J connectivity index is 1.74. The van der Waals surface area contributed by atoms with Gasteiger partial charge < -0.3 is 5.32 Å². The van der Waals surface area contributed by atoms with E-state index in [1.165, 1.54) is 33.7 Å². The van der Waals surface area contributed by atoms with E-state index in [1.807, 2.05) is 11.3 Å². The number of hydrogen-bond donors (Lipinski definition) is 1. The molecule has 88 valence electrons. The summed E-state index contributed by atoms with van der Waals surface area (Å²) in [5.41, 5.74) is 2.67. The molecule has 1 saturated carbocycles. The van der Waals surface area contributed by atoms with E-state index in [-0.39, 0.29) is 0 Å². The van der Waals surface area contributed by atoms with E-state index < -0.39 is 0 Å². The molecular weight excluding hydrogens is 226 g/mol. The van der Waals surface area contributed by atoms with Gasteiger partial charge in [-0.2, -0.15) is 0 Å². The van der Waals surface area contributed by atoms with Crippen molar-refractivity contribution >= 4 is 11.3 Å². The van der Waals surface area contributed by atoms with Gasteiger partial charge in [-0.15, -0.1) is 11.3 Å². The minimum Gasteiger partial charge on any atom is -0.309 e. The SMILES string of the molecule is Cc1cccc(-c2ccc(CNC3CC3)s2)c1. The van der Waals surface area contributed by atoms with Crippen molar-refractivity contribution in [3.63, 3.8) is 0 Å². The van der Waals surface area contributed by atoms with Gasteiger partial charge in [0.15, 0.2) is 0 Å². The number of hydrogen-bond acceptors (Lipinski definition) is 2. The summed E-state index contributed by atoms with van der Waals surface area (Å²) >= 11 is 1.90. The smallest absolute Gasteiger partial charge is 0.0346 e. The summed E-state index contributed by atoms with van der Waals surface area (Å²) in [5.74, 6) is 0. The van der Waals surface area contributed by atoms with Gasteiger partial charge in [0.2, 0.25) is 0 Å². The largest absolute Gasteiger partial charge is 0.309 e. The fourth-order valence-electron chi connectivity index (χ4n) is 1.96. The van der Waals surface area contributed by atoms with Crippen LogP contribution in [0.3, 0.4) is 0 Å². The molecule has 2 heteroatoms. The highest BCUT2D eigenvalue weighted by atomic mass is 32.1. The predicted molar refractivity (Wildman–Crippen MR) is 74.4 cm³/mol. The lowest BCUT2D eigenvalue weighted by molar-refractivity contribution is 0.695. The fraction of sp³-hybridized carbons (Fsp3) is 0.333. The third-order valence-electron chi connectivity index (χ3n) is 3.11. The Labute approximate surface area is 106 Å². The maximum absolute atomic E-state index is 3.56. The van der Waals surface area contributed by atoms with Gasteiger partial charge in [0.25, 0.3) is 0 Å². The lowest BCUT2D eigenvalue weighted by Crippen LogP contribution is -2.14. The molecule has 0 bridgehead atoms. The molecule has 17 heavy (non-hydrogen) atoms. The van der Waals surface area contributed by atoms with Crippen LogP contribution in [0.4, 0.5) is 0 Å². The highest BCUT2D eigenvalue weighted by Crippen LogP contribution is 2.29. The van der Waals surface area contributed by atoms with Crippen LogP contribution >= 0.6 is 11.3 Å². The van der Waals surface area contributed by atoms with E-state index >= 15 is 0 Å². The van der Waals surface area contributed by atoms with Crippen LogP contribution in [0.2, 0.25) is 0 Å². The van der Waals surface area contributed by atoms with Crippen molar-refractivity contribution in [3.05, 3.63) is 46.8 Å². The molecule has 3 rings (SSSR count). The lowest BCUT2D eigenvalue weighted by Gasteiger charge is -2.00. The van der Waals surface area contributed by atoms with Crippen LogP contribution in [0.1, 0.15) is 23.3 Å². The van der Waals surface area contributed by atoms with Crippen molar-refractivity contribution in [2.24, 2.45) is 0 Å². The van der Waals surface area contributed by atoms with E-state index in [9.17, 15) is 0 Å². The molecule has 1 aliphatic carbocycles. The molecule has 0 amide bonds. The van der Waals surface area contributed by atoms with Gasteiger partial charge in [-0.05, 0) is 37.5 Å². The first-order valence-corrected chi connectivity index (χ1v) is 7.02.